The number of amides is 1. The van der Waals surface area contributed by atoms with Crippen LogP contribution in [0.2, 0.25) is 0 Å². The molecule has 3 rings (SSSR count). The minimum absolute atomic E-state index is 0.0556. The number of rotatable bonds is 4. The Kier molecular flexibility index (Phi) is 6.42. The lowest BCUT2D eigenvalue weighted by molar-refractivity contribution is -0.258. The van der Waals surface area contributed by atoms with Gasteiger partial charge in [-0.05, 0) is 73.9 Å². The van der Waals surface area contributed by atoms with E-state index >= 15 is 0 Å². The van der Waals surface area contributed by atoms with Gasteiger partial charge in [-0.2, -0.15) is 18.4 Å². The molecule has 0 aliphatic heterocycles. The Labute approximate surface area is 179 Å². The SMILES string of the molecule is CN(C(=O)c1ccc([C@](C)(O)C(F)(F)F)cc1)[C@H]1CC[C@H](c2ccc(C#N)cc2)CC1. The molecule has 1 aliphatic carbocycles. The molecule has 31 heavy (non-hydrogen) atoms. The number of halogens is 3. The van der Waals surface area contributed by atoms with Gasteiger partial charge in [0.2, 0.25) is 0 Å². The highest BCUT2D eigenvalue weighted by atomic mass is 19.4. The molecule has 0 radical (unpaired) electrons. The maximum absolute atomic E-state index is 13.0. The van der Waals surface area contributed by atoms with Gasteiger partial charge in [0.15, 0.2) is 5.60 Å². The van der Waals surface area contributed by atoms with Crippen LogP contribution in [0.5, 0.6) is 0 Å². The fourth-order valence-corrected chi connectivity index (χ4v) is 4.10. The van der Waals surface area contributed by atoms with Crippen molar-refractivity contribution in [2.24, 2.45) is 0 Å². The van der Waals surface area contributed by atoms with Crippen LogP contribution in [0.4, 0.5) is 13.2 Å². The molecule has 2 aromatic rings. The number of carbonyl (C=O) groups is 1. The van der Waals surface area contributed by atoms with Crippen molar-refractivity contribution < 1.29 is 23.1 Å². The third kappa shape index (κ3) is 4.75. The fraction of sp³-hybridized carbons (Fsp3) is 0.417. The van der Waals surface area contributed by atoms with Gasteiger partial charge in [0.05, 0.1) is 11.6 Å². The Morgan fingerprint density at radius 1 is 1.03 bits per heavy atom. The van der Waals surface area contributed by atoms with Crippen molar-refractivity contribution in [3.05, 3.63) is 70.8 Å². The van der Waals surface area contributed by atoms with E-state index < -0.39 is 11.8 Å². The van der Waals surface area contributed by atoms with Crippen LogP contribution in [-0.4, -0.2) is 35.2 Å². The number of nitrogens with zero attached hydrogens (tertiary/aromatic N) is 2. The van der Waals surface area contributed by atoms with Gasteiger partial charge in [-0.3, -0.25) is 4.79 Å². The van der Waals surface area contributed by atoms with Gasteiger partial charge in [0.25, 0.3) is 5.91 Å². The van der Waals surface area contributed by atoms with Crippen LogP contribution >= 0.6 is 0 Å². The number of nitriles is 1. The highest BCUT2D eigenvalue weighted by Crippen LogP contribution is 2.39. The molecule has 1 saturated carbocycles. The van der Waals surface area contributed by atoms with Crippen molar-refractivity contribution in [2.45, 2.75) is 56.3 Å². The summed E-state index contributed by atoms with van der Waals surface area (Å²) in [6.07, 6.45) is -1.31. The van der Waals surface area contributed by atoms with E-state index in [4.69, 9.17) is 5.26 Å². The van der Waals surface area contributed by atoms with E-state index in [0.29, 0.717) is 24.0 Å². The molecule has 1 N–H and O–H groups in total. The Morgan fingerprint density at radius 3 is 2.06 bits per heavy atom. The Balaban J connectivity index is 1.62. The highest BCUT2D eigenvalue weighted by molar-refractivity contribution is 5.94. The molecule has 164 valence electrons. The summed E-state index contributed by atoms with van der Waals surface area (Å²) in [4.78, 5) is 14.5. The standard InChI is InChI=1S/C24H25F3N2O2/c1-23(31,24(25,26)27)20-11-7-19(8-12-20)22(30)29(2)21-13-9-18(10-14-21)17-5-3-16(15-28)4-6-17/h3-8,11-12,18,21,31H,9-10,13-14H2,1-2H3/t18-,21-,23-/m0/s1. The lowest BCUT2D eigenvalue weighted by Gasteiger charge is -2.35. The van der Waals surface area contributed by atoms with Gasteiger partial charge < -0.3 is 10.0 Å². The first kappa shape index (κ1) is 22.8. The van der Waals surface area contributed by atoms with Crippen molar-refractivity contribution in [1.29, 1.82) is 5.26 Å². The first-order valence-corrected chi connectivity index (χ1v) is 10.2. The molecular weight excluding hydrogens is 405 g/mol. The summed E-state index contributed by atoms with van der Waals surface area (Å²) in [5.74, 6) is 0.136. The second kappa shape index (κ2) is 8.72. The molecule has 1 aliphatic rings. The minimum atomic E-state index is -4.80. The monoisotopic (exact) mass is 430 g/mol. The average molecular weight is 430 g/mol. The van der Waals surface area contributed by atoms with Gasteiger partial charge >= 0.3 is 6.18 Å². The topological polar surface area (TPSA) is 64.3 Å². The van der Waals surface area contributed by atoms with Crippen LogP contribution in [0, 0.1) is 11.3 Å². The zero-order valence-corrected chi connectivity index (χ0v) is 17.5. The summed E-state index contributed by atoms with van der Waals surface area (Å²) >= 11 is 0. The number of carbonyl (C=O) groups excluding carboxylic acids is 1. The van der Waals surface area contributed by atoms with Gasteiger partial charge in [0.1, 0.15) is 0 Å². The molecule has 4 nitrogen and oxygen atoms in total. The van der Waals surface area contributed by atoms with E-state index in [1.54, 1.807) is 11.9 Å². The van der Waals surface area contributed by atoms with E-state index in [9.17, 15) is 23.1 Å². The number of aliphatic hydroxyl groups is 1. The average Bonchev–Trinajstić information content (AvgIpc) is 2.77. The van der Waals surface area contributed by atoms with Crippen LogP contribution in [0.25, 0.3) is 0 Å². The molecule has 1 fully saturated rings. The lowest BCUT2D eigenvalue weighted by atomic mass is 9.81. The predicted molar refractivity (Wildman–Crippen MR) is 110 cm³/mol. The summed E-state index contributed by atoms with van der Waals surface area (Å²) in [6, 6.07) is 14.7. The van der Waals surface area contributed by atoms with Crippen LogP contribution in [0.15, 0.2) is 48.5 Å². The van der Waals surface area contributed by atoms with Crippen LogP contribution in [0.1, 0.15) is 65.6 Å². The quantitative estimate of drug-likeness (QED) is 0.732. The zero-order valence-electron chi connectivity index (χ0n) is 17.5. The summed E-state index contributed by atoms with van der Waals surface area (Å²) in [5, 5.41) is 18.7. The van der Waals surface area contributed by atoms with E-state index in [2.05, 4.69) is 6.07 Å². The number of hydrogen-bond donors (Lipinski definition) is 1. The molecule has 2 aromatic carbocycles. The maximum atomic E-state index is 13.0. The summed E-state index contributed by atoms with van der Waals surface area (Å²) in [7, 11) is 1.72. The van der Waals surface area contributed by atoms with Crippen molar-refractivity contribution in [3.63, 3.8) is 0 Å². The van der Waals surface area contributed by atoms with Gasteiger partial charge in [0, 0.05) is 18.7 Å². The van der Waals surface area contributed by atoms with Gasteiger partial charge in [-0.1, -0.05) is 24.3 Å². The van der Waals surface area contributed by atoms with Gasteiger partial charge in [-0.25, -0.2) is 0 Å². The largest absolute Gasteiger partial charge is 0.421 e. The molecular formula is C24H25F3N2O2. The molecule has 0 saturated heterocycles. The molecule has 0 aromatic heterocycles. The normalized spacial score (nSPS) is 21.1. The van der Waals surface area contributed by atoms with Crippen molar-refractivity contribution in [3.8, 4) is 6.07 Å². The summed E-state index contributed by atoms with van der Waals surface area (Å²) in [5.41, 5.74) is -1.16. The molecule has 0 unspecified atom stereocenters. The third-order valence-electron chi connectivity index (χ3n) is 6.32. The fourth-order valence-electron chi connectivity index (χ4n) is 4.10. The van der Waals surface area contributed by atoms with Crippen LogP contribution in [-0.2, 0) is 5.60 Å². The number of hydrogen-bond acceptors (Lipinski definition) is 3. The number of alkyl halides is 3. The van der Waals surface area contributed by atoms with Crippen molar-refractivity contribution in [2.75, 3.05) is 7.05 Å². The van der Waals surface area contributed by atoms with Crippen molar-refractivity contribution in [1.82, 2.24) is 4.90 Å². The molecule has 0 heterocycles. The van der Waals surface area contributed by atoms with E-state index in [-0.39, 0.29) is 17.5 Å². The summed E-state index contributed by atoms with van der Waals surface area (Å²) < 4.78 is 39.0. The van der Waals surface area contributed by atoms with E-state index in [1.165, 1.54) is 17.7 Å². The van der Waals surface area contributed by atoms with E-state index in [1.807, 2.05) is 24.3 Å². The maximum Gasteiger partial charge on any atom is 0.421 e. The van der Waals surface area contributed by atoms with Crippen LogP contribution < -0.4 is 0 Å². The molecule has 0 bridgehead atoms. The Morgan fingerprint density at radius 2 is 1.58 bits per heavy atom. The second-order valence-corrected chi connectivity index (χ2v) is 8.30. The molecule has 0 spiro atoms. The summed E-state index contributed by atoms with van der Waals surface area (Å²) in [6.45, 7) is 0.697. The first-order valence-electron chi connectivity index (χ1n) is 10.2. The van der Waals surface area contributed by atoms with Gasteiger partial charge in [-0.15, -0.1) is 0 Å². The van der Waals surface area contributed by atoms with Crippen molar-refractivity contribution >= 4 is 5.91 Å². The predicted octanol–water partition coefficient (Wildman–Crippen LogP) is 5.13. The zero-order chi connectivity index (χ0) is 22.8. The molecule has 1 amide bonds. The Hall–Kier alpha value is -2.85. The number of benzene rings is 2. The minimum Gasteiger partial charge on any atom is -0.376 e. The highest BCUT2D eigenvalue weighted by Gasteiger charge is 2.51. The molecule has 7 heteroatoms. The lowest BCUT2D eigenvalue weighted by Crippen LogP contribution is -2.40. The molecule has 1 atom stereocenters. The smallest absolute Gasteiger partial charge is 0.376 e. The second-order valence-electron chi connectivity index (χ2n) is 8.30. The third-order valence-corrected chi connectivity index (χ3v) is 6.32. The van der Waals surface area contributed by atoms with E-state index in [0.717, 1.165) is 37.8 Å². The van der Waals surface area contributed by atoms with Crippen LogP contribution in [0.3, 0.4) is 0 Å². The first-order chi connectivity index (χ1) is 14.5. The Bertz CT molecular complexity index is 952.